The number of carbonyl (C=O) groups excluding carboxylic acids is 1. The standard InChI is InChI=1S/C13H14N2O2/c1-10-14-7-8-15(10)13(16)9-11-3-5-12(17-2)6-4-11/h3-8H,9H2,1-2H3. The van der Waals surface area contributed by atoms with Gasteiger partial charge in [0, 0.05) is 12.4 Å². The normalized spacial score (nSPS) is 10.2. The Hall–Kier alpha value is -2.10. The highest BCUT2D eigenvalue weighted by atomic mass is 16.5. The van der Waals surface area contributed by atoms with E-state index in [1.165, 1.54) is 0 Å². The Balaban J connectivity index is 2.10. The van der Waals surface area contributed by atoms with Gasteiger partial charge in [0.1, 0.15) is 11.6 Å². The Morgan fingerprint density at radius 3 is 2.59 bits per heavy atom. The lowest BCUT2D eigenvalue weighted by Gasteiger charge is -2.05. The van der Waals surface area contributed by atoms with E-state index in [2.05, 4.69) is 4.98 Å². The first-order valence-corrected chi connectivity index (χ1v) is 5.37. The molecular formula is C13H14N2O2. The average molecular weight is 230 g/mol. The lowest BCUT2D eigenvalue weighted by Crippen LogP contribution is -2.14. The van der Waals surface area contributed by atoms with Gasteiger partial charge in [-0.25, -0.2) is 4.98 Å². The van der Waals surface area contributed by atoms with Crippen molar-refractivity contribution in [2.45, 2.75) is 13.3 Å². The minimum atomic E-state index is 0.0187. The minimum Gasteiger partial charge on any atom is -0.497 e. The second-order valence-electron chi connectivity index (χ2n) is 3.76. The van der Waals surface area contributed by atoms with Crippen molar-refractivity contribution in [3.8, 4) is 5.75 Å². The molecule has 0 saturated heterocycles. The van der Waals surface area contributed by atoms with Crippen LogP contribution in [-0.4, -0.2) is 22.6 Å². The lowest BCUT2D eigenvalue weighted by atomic mass is 10.1. The van der Waals surface area contributed by atoms with E-state index < -0.39 is 0 Å². The Morgan fingerprint density at radius 1 is 1.35 bits per heavy atom. The molecule has 0 N–H and O–H groups in total. The molecule has 0 radical (unpaired) electrons. The molecule has 0 amide bonds. The molecule has 88 valence electrons. The third-order valence-corrected chi connectivity index (χ3v) is 2.61. The van der Waals surface area contributed by atoms with Crippen LogP contribution in [0.2, 0.25) is 0 Å². The number of benzene rings is 1. The zero-order chi connectivity index (χ0) is 12.3. The van der Waals surface area contributed by atoms with Gasteiger partial charge in [-0.15, -0.1) is 0 Å². The smallest absolute Gasteiger partial charge is 0.236 e. The van der Waals surface area contributed by atoms with Crippen LogP contribution in [-0.2, 0) is 6.42 Å². The van der Waals surface area contributed by atoms with Crippen molar-refractivity contribution in [3.63, 3.8) is 0 Å². The van der Waals surface area contributed by atoms with Gasteiger partial charge < -0.3 is 4.74 Å². The molecule has 0 atom stereocenters. The highest BCUT2D eigenvalue weighted by Crippen LogP contribution is 2.12. The van der Waals surface area contributed by atoms with Crippen LogP contribution in [0, 0.1) is 6.92 Å². The molecule has 1 heterocycles. The van der Waals surface area contributed by atoms with E-state index in [9.17, 15) is 4.79 Å². The summed E-state index contributed by atoms with van der Waals surface area (Å²) in [7, 11) is 1.62. The van der Waals surface area contributed by atoms with Crippen molar-refractivity contribution in [1.82, 2.24) is 9.55 Å². The summed E-state index contributed by atoms with van der Waals surface area (Å²) in [5.74, 6) is 1.52. The van der Waals surface area contributed by atoms with Crippen LogP contribution in [0.25, 0.3) is 0 Å². The fraction of sp³-hybridized carbons (Fsp3) is 0.231. The highest BCUT2D eigenvalue weighted by Gasteiger charge is 2.08. The molecule has 0 fully saturated rings. The van der Waals surface area contributed by atoms with Gasteiger partial charge in [0.25, 0.3) is 0 Å². The molecule has 0 spiro atoms. The Labute approximate surface area is 99.9 Å². The topological polar surface area (TPSA) is 44.1 Å². The Kier molecular flexibility index (Phi) is 3.23. The first-order chi connectivity index (χ1) is 8.20. The van der Waals surface area contributed by atoms with Crippen molar-refractivity contribution >= 4 is 5.91 Å². The van der Waals surface area contributed by atoms with Gasteiger partial charge in [0.15, 0.2) is 0 Å². The summed E-state index contributed by atoms with van der Waals surface area (Å²) in [4.78, 5) is 16.0. The molecule has 0 bridgehead atoms. The molecule has 0 unspecified atom stereocenters. The largest absolute Gasteiger partial charge is 0.497 e. The van der Waals surface area contributed by atoms with Crippen molar-refractivity contribution in [1.29, 1.82) is 0 Å². The number of ether oxygens (including phenoxy) is 1. The molecule has 2 aromatic rings. The molecular weight excluding hydrogens is 216 g/mol. The first-order valence-electron chi connectivity index (χ1n) is 5.37. The summed E-state index contributed by atoms with van der Waals surface area (Å²) in [6.07, 6.45) is 3.67. The number of imidazole rings is 1. The Bertz CT molecular complexity index is 514. The molecule has 0 aliphatic heterocycles. The van der Waals surface area contributed by atoms with E-state index in [-0.39, 0.29) is 5.91 Å². The molecule has 17 heavy (non-hydrogen) atoms. The van der Waals surface area contributed by atoms with Gasteiger partial charge in [0.2, 0.25) is 5.91 Å². The maximum Gasteiger partial charge on any atom is 0.236 e. The minimum absolute atomic E-state index is 0.0187. The van der Waals surface area contributed by atoms with Gasteiger partial charge in [-0.1, -0.05) is 12.1 Å². The van der Waals surface area contributed by atoms with Crippen LogP contribution in [0.15, 0.2) is 36.7 Å². The average Bonchev–Trinajstić information content (AvgIpc) is 2.76. The van der Waals surface area contributed by atoms with E-state index in [1.807, 2.05) is 31.2 Å². The quantitative estimate of drug-likeness (QED) is 0.810. The predicted molar refractivity (Wildman–Crippen MR) is 64.3 cm³/mol. The molecule has 0 aliphatic carbocycles. The lowest BCUT2D eigenvalue weighted by molar-refractivity contribution is 0.0911. The van der Waals surface area contributed by atoms with Crippen LogP contribution in [0.5, 0.6) is 5.75 Å². The van der Waals surface area contributed by atoms with Gasteiger partial charge in [0.05, 0.1) is 13.5 Å². The number of hydrogen-bond donors (Lipinski definition) is 0. The van der Waals surface area contributed by atoms with E-state index >= 15 is 0 Å². The van der Waals surface area contributed by atoms with Crippen molar-refractivity contribution in [3.05, 3.63) is 48.0 Å². The molecule has 0 saturated carbocycles. The molecule has 1 aromatic carbocycles. The number of aromatic nitrogens is 2. The second-order valence-corrected chi connectivity index (χ2v) is 3.76. The van der Waals surface area contributed by atoms with Crippen LogP contribution >= 0.6 is 0 Å². The third-order valence-electron chi connectivity index (χ3n) is 2.61. The maximum atomic E-state index is 11.9. The summed E-state index contributed by atoms with van der Waals surface area (Å²) in [6.45, 7) is 1.81. The Morgan fingerprint density at radius 2 is 2.06 bits per heavy atom. The summed E-state index contributed by atoms with van der Waals surface area (Å²) in [6, 6.07) is 7.48. The summed E-state index contributed by atoms with van der Waals surface area (Å²) < 4.78 is 6.63. The monoisotopic (exact) mass is 230 g/mol. The number of rotatable bonds is 3. The summed E-state index contributed by atoms with van der Waals surface area (Å²) in [5.41, 5.74) is 0.962. The maximum absolute atomic E-state index is 11.9. The van der Waals surface area contributed by atoms with Gasteiger partial charge in [-0.2, -0.15) is 0 Å². The molecule has 4 nitrogen and oxygen atoms in total. The number of nitrogens with zero attached hydrogens (tertiary/aromatic N) is 2. The second kappa shape index (κ2) is 4.82. The van der Waals surface area contributed by atoms with Crippen LogP contribution in [0.1, 0.15) is 16.2 Å². The van der Waals surface area contributed by atoms with Crippen LogP contribution in [0.4, 0.5) is 0 Å². The zero-order valence-electron chi connectivity index (χ0n) is 9.88. The fourth-order valence-electron chi connectivity index (χ4n) is 1.64. The molecule has 0 aliphatic rings. The number of hydrogen-bond acceptors (Lipinski definition) is 3. The van der Waals surface area contributed by atoms with Crippen LogP contribution < -0.4 is 4.74 Å². The molecule has 2 rings (SSSR count). The van der Waals surface area contributed by atoms with Gasteiger partial charge >= 0.3 is 0 Å². The number of aryl methyl sites for hydroxylation is 1. The SMILES string of the molecule is COc1ccc(CC(=O)n2ccnc2C)cc1. The van der Waals surface area contributed by atoms with E-state index in [0.29, 0.717) is 12.2 Å². The first kappa shape index (κ1) is 11.4. The predicted octanol–water partition coefficient (Wildman–Crippen LogP) is 2.08. The van der Waals surface area contributed by atoms with Gasteiger partial charge in [-0.05, 0) is 24.6 Å². The van der Waals surface area contributed by atoms with Crippen molar-refractivity contribution < 1.29 is 9.53 Å². The summed E-state index contributed by atoms with van der Waals surface area (Å²) >= 11 is 0. The third kappa shape index (κ3) is 2.53. The van der Waals surface area contributed by atoms with Crippen LogP contribution in [0.3, 0.4) is 0 Å². The summed E-state index contributed by atoms with van der Waals surface area (Å²) in [5, 5.41) is 0. The zero-order valence-corrected chi connectivity index (χ0v) is 9.88. The molecule has 1 aromatic heterocycles. The number of methoxy groups -OCH3 is 1. The molecule has 4 heteroatoms. The highest BCUT2D eigenvalue weighted by molar-refractivity contribution is 5.81. The number of carbonyl (C=O) groups is 1. The van der Waals surface area contributed by atoms with Crippen molar-refractivity contribution in [2.24, 2.45) is 0 Å². The van der Waals surface area contributed by atoms with E-state index in [0.717, 1.165) is 11.3 Å². The van der Waals surface area contributed by atoms with Crippen molar-refractivity contribution in [2.75, 3.05) is 7.11 Å². The van der Waals surface area contributed by atoms with E-state index in [4.69, 9.17) is 4.74 Å². The van der Waals surface area contributed by atoms with E-state index in [1.54, 1.807) is 24.1 Å². The fourth-order valence-corrected chi connectivity index (χ4v) is 1.64. The van der Waals surface area contributed by atoms with Gasteiger partial charge in [-0.3, -0.25) is 9.36 Å².